The van der Waals surface area contributed by atoms with Gasteiger partial charge in [-0.25, -0.2) is 9.59 Å². The molecule has 0 spiro atoms. The zero-order chi connectivity index (χ0) is 22.3. The Kier molecular flexibility index (Phi) is 8.53. The summed E-state index contributed by atoms with van der Waals surface area (Å²) in [5.74, 6) is 0.544. The van der Waals surface area contributed by atoms with E-state index in [1.54, 1.807) is 25.0 Å². The molecule has 0 saturated heterocycles. The minimum absolute atomic E-state index is 0.239. The Bertz CT molecular complexity index is 789. The fourth-order valence-electron chi connectivity index (χ4n) is 3.69. The van der Waals surface area contributed by atoms with Gasteiger partial charge in [-0.3, -0.25) is 9.80 Å². The van der Waals surface area contributed by atoms with Crippen LogP contribution in [-0.2, 0) is 9.53 Å². The number of urea groups is 1. The zero-order valence-corrected chi connectivity index (χ0v) is 18.8. The Labute approximate surface area is 178 Å². The second kappa shape index (κ2) is 10.9. The molecule has 30 heavy (non-hydrogen) atoms. The van der Waals surface area contributed by atoms with Gasteiger partial charge in [0.15, 0.2) is 11.5 Å². The molecule has 166 valence electrons. The van der Waals surface area contributed by atoms with Crippen LogP contribution in [0.1, 0.15) is 39.3 Å². The predicted molar refractivity (Wildman–Crippen MR) is 115 cm³/mol. The molecule has 0 aromatic heterocycles. The van der Waals surface area contributed by atoms with Crippen molar-refractivity contribution in [3.63, 3.8) is 0 Å². The minimum atomic E-state index is -0.713. The molecule has 2 rings (SSSR count). The number of hydrogen-bond acceptors (Lipinski definition) is 6. The van der Waals surface area contributed by atoms with E-state index in [1.807, 2.05) is 19.1 Å². The monoisotopic (exact) mass is 419 g/mol. The van der Waals surface area contributed by atoms with Crippen molar-refractivity contribution in [3.05, 3.63) is 35.0 Å². The lowest BCUT2D eigenvalue weighted by molar-refractivity contribution is -0.139. The number of amides is 2. The van der Waals surface area contributed by atoms with Crippen LogP contribution in [0.3, 0.4) is 0 Å². The molecular formula is C22H33N3O5. The molecule has 0 fully saturated rings. The van der Waals surface area contributed by atoms with Crippen LogP contribution in [0.4, 0.5) is 4.79 Å². The van der Waals surface area contributed by atoms with E-state index in [-0.39, 0.29) is 12.6 Å². The third kappa shape index (κ3) is 4.70. The summed E-state index contributed by atoms with van der Waals surface area (Å²) in [7, 11) is 3.09. The maximum atomic E-state index is 13.1. The van der Waals surface area contributed by atoms with E-state index in [1.165, 1.54) is 7.11 Å². The van der Waals surface area contributed by atoms with Crippen LogP contribution in [-0.4, -0.2) is 68.8 Å². The number of nitrogens with zero attached hydrogens (tertiary/aromatic N) is 2. The number of hydrogen-bond donors (Lipinski definition) is 1. The van der Waals surface area contributed by atoms with Gasteiger partial charge in [-0.1, -0.05) is 26.0 Å². The summed E-state index contributed by atoms with van der Waals surface area (Å²) in [5, 5.41) is 2.96. The highest BCUT2D eigenvalue weighted by atomic mass is 16.5. The van der Waals surface area contributed by atoms with Crippen LogP contribution < -0.4 is 14.8 Å². The molecule has 1 heterocycles. The number of methoxy groups -OCH3 is 2. The summed E-state index contributed by atoms with van der Waals surface area (Å²) in [6.07, 6.45) is 0. The zero-order valence-electron chi connectivity index (χ0n) is 18.8. The number of ether oxygens (including phenoxy) is 3. The van der Waals surface area contributed by atoms with E-state index >= 15 is 0 Å². The standard InChI is InChI=1S/C22H33N3O5/c1-7-24(8-2)14-16-18(21(26)30-10-4)19(23-22(27)25(16)9-3)15-12-11-13-17(28-5)20(15)29-6/h11-13,19H,7-10,14H2,1-6H3,(H,23,27). The van der Waals surface area contributed by atoms with Crippen molar-refractivity contribution in [2.75, 3.05) is 47.0 Å². The highest BCUT2D eigenvalue weighted by Crippen LogP contribution is 2.40. The Balaban J connectivity index is 2.74. The Morgan fingerprint density at radius 3 is 2.37 bits per heavy atom. The lowest BCUT2D eigenvalue weighted by Gasteiger charge is -2.38. The molecule has 0 saturated carbocycles. The Morgan fingerprint density at radius 2 is 1.83 bits per heavy atom. The van der Waals surface area contributed by atoms with Gasteiger partial charge in [0.2, 0.25) is 0 Å². The SMILES string of the molecule is CCOC(=O)C1=C(CN(CC)CC)N(CC)C(=O)NC1c1cccc(OC)c1OC. The molecular weight excluding hydrogens is 386 g/mol. The first-order valence-electron chi connectivity index (χ1n) is 10.4. The number of nitrogens with one attached hydrogen (secondary N) is 1. The molecule has 2 amide bonds. The molecule has 0 bridgehead atoms. The third-order valence-corrected chi connectivity index (χ3v) is 5.26. The van der Waals surface area contributed by atoms with Crippen molar-refractivity contribution in [1.82, 2.24) is 15.1 Å². The lowest BCUT2D eigenvalue weighted by Crippen LogP contribution is -2.50. The number of benzene rings is 1. The van der Waals surface area contributed by atoms with Crippen LogP contribution in [0.5, 0.6) is 11.5 Å². The molecule has 1 aliphatic rings. The lowest BCUT2D eigenvalue weighted by atomic mass is 9.93. The molecule has 8 heteroatoms. The summed E-state index contributed by atoms with van der Waals surface area (Å²) in [6, 6.07) is 4.43. The first kappa shape index (κ1) is 23.5. The number of esters is 1. The average Bonchev–Trinajstić information content (AvgIpc) is 2.76. The van der Waals surface area contributed by atoms with Crippen molar-refractivity contribution in [1.29, 1.82) is 0 Å². The number of likely N-dealkylation sites (N-methyl/N-ethyl adjacent to an activating group) is 2. The van der Waals surface area contributed by atoms with Crippen molar-refractivity contribution in [2.45, 2.75) is 33.7 Å². The van der Waals surface area contributed by atoms with E-state index in [4.69, 9.17) is 14.2 Å². The van der Waals surface area contributed by atoms with Gasteiger partial charge in [0.1, 0.15) is 0 Å². The van der Waals surface area contributed by atoms with E-state index in [9.17, 15) is 9.59 Å². The topological polar surface area (TPSA) is 80.3 Å². The minimum Gasteiger partial charge on any atom is -0.493 e. The maximum Gasteiger partial charge on any atom is 0.338 e. The van der Waals surface area contributed by atoms with Gasteiger partial charge in [-0.15, -0.1) is 0 Å². The van der Waals surface area contributed by atoms with Crippen molar-refractivity contribution < 1.29 is 23.8 Å². The van der Waals surface area contributed by atoms with Crippen molar-refractivity contribution >= 4 is 12.0 Å². The van der Waals surface area contributed by atoms with Gasteiger partial charge in [-0.05, 0) is 33.0 Å². The molecule has 1 aromatic carbocycles. The van der Waals surface area contributed by atoms with Crippen molar-refractivity contribution in [2.24, 2.45) is 0 Å². The summed E-state index contributed by atoms with van der Waals surface area (Å²) >= 11 is 0. The predicted octanol–water partition coefficient (Wildman–Crippen LogP) is 2.95. The van der Waals surface area contributed by atoms with Crippen LogP contribution in [0.15, 0.2) is 29.5 Å². The van der Waals surface area contributed by atoms with Crippen LogP contribution in [0.2, 0.25) is 0 Å². The normalized spacial score (nSPS) is 16.6. The average molecular weight is 420 g/mol. The molecule has 1 atom stereocenters. The van der Waals surface area contributed by atoms with Gasteiger partial charge < -0.3 is 19.5 Å². The smallest absolute Gasteiger partial charge is 0.338 e. The van der Waals surface area contributed by atoms with Gasteiger partial charge in [0.25, 0.3) is 0 Å². The number of para-hydroxylation sites is 1. The van der Waals surface area contributed by atoms with E-state index in [2.05, 4.69) is 24.1 Å². The van der Waals surface area contributed by atoms with Crippen LogP contribution >= 0.6 is 0 Å². The van der Waals surface area contributed by atoms with Gasteiger partial charge in [-0.2, -0.15) is 0 Å². The first-order chi connectivity index (χ1) is 14.5. The fraction of sp³-hybridized carbons (Fsp3) is 0.545. The molecule has 0 radical (unpaired) electrons. The molecule has 8 nitrogen and oxygen atoms in total. The van der Waals surface area contributed by atoms with E-state index in [0.717, 1.165) is 13.1 Å². The van der Waals surface area contributed by atoms with E-state index < -0.39 is 12.0 Å². The molecule has 1 N–H and O–H groups in total. The number of carbonyl (C=O) groups excluding carboxylic acids is 2. The first-order valence-corrected chi connectivity index (χ1v) is 10.4. The Hall–Kier alpha value is -2.74. The van der Waals surface area contributed by atoms with Crippen molar-refractivity contribution in [3.8, 4) is 11.5 Å². The van der Waals surface area contributed by atoms with Gasteiger partial charge in [0.05, 0.1) is 32.4 Å². The Morgan fingerprint density at radius 1 is 1.13 bits per heavy atom. The summed E-state index contributed by atoms with van der Waals surface area (Å²) in [5.41, 5.74) is 1.70. The summed E-state index contributed by atoms with van der Waals surface area (Å²) in [4.78, 5) is 29.9. The van der Waals surface area contributed by atoms with Crippen LogP contribution in [0.25, 0.3) is 0 Å². The molecule has 1 unspecified atom stereocenters. The fourth-order valence-corrected chi connectivity index (χ4v) is 3.69. The molecule has 1 aromatic rings. The highest BCUT2D eigenvalue weighted by molar-refractivity contribution is 5.95. The number of rotatable bonds is 10. The quantitative estimate of drug-likeness (QED) is 0.588. The summed E-state index contributed by atoms with van der Waals surface area (Å²) in [6.45, 7) is 10.5. The maximum absolute atomic E-state index is 13.1. The second-order valence-corrected chi connectivity index (χ2v) is 6.75. The van der Waals surface area contributed by atoms with E-state index in [0.29, 0.717) is 41.4 Å². The number of carbonyl (C=O) groups is 2. The van der Waals surface area contributed by atoms with Crippen LogP contribution in [0, 0.1) is 0 Å². The van der Waals surface area contributed by atoms with Gasteiger partial charge >= 0.3 is 12.0 Å². The molecule has 1 aliphatic heterocycles. The largest absolute Gasteiger partial charge is 0.493 e. The molecule has 0 aliphatic carbocycles. The van der Waals surface area contributed by atoms with Gasteiger partial charge in [0, 0.05) is 24.4 Å². The highest BCUT2D eigenvalue weighted by Gasteiger charge is 2.39. The summed E-state index contributed by atoms with van der Waals surface area (Å²) < 4.78 is 16.4. The third-order valence-electron chi connectivity index (χ3n) is 5.26. The second-order valence-electron chi connectivity index (χ2n) is 6.75.